The van der Waals surface area contributed by atoms with Gasteiger partial charge in [-0.25, -0.2) is 0 Å². The minimum atomic E-state index is -0.239. The average molecular weight is 263 g/mol. The van der Waals surface area contributed by atoms with Crippen molar-refractivity contribution < 1.29 is 14.6 Å². The van der Waals surface area contributed by atoms with Gasteiger partial charge in [0.2, 0.25) is 5.91 Å². The molecule has 0 saturated carbocycles. The first kappa shape index (κ1) is 14.0. The monoisotopic (exact) mass is 263 g/mol. The molecule has 2 unspecified atom stereocenters. The molecule has 1 fully saturated rings. The van der Waals surface area contributed by atoms with Crippen molar-refractivity contribution in [1.29, 1.82) is 0 Å². The van der Waals surface area contributed by atoms with E-state index in [0.29, 0.717) is 19.6 Å². The maximum absolute atomic E-state index is 12.2. The van der Waals surface area contributed by atoms with Crippen molar-refractivity contribution in [3.05, 3.63) is 35.9 Å². The van der Waals surface area contributed by atoms with Crippen molar-refractivity contribution in [1.82, 2.24) is 4.90 Å². The third kappa shape index (κ3) is 3.78. The third-order valence-electron chi connectivity index (χ3n) is 3.50. The number of nitrogens with zero attached hydrogens (tertiary/aromatic N) is 1. The van der Waals surface area contributed by atoms with Crippen molar-refractivity contribution in [2.24, 2.45) is 0 Å². The largest absolute Gasteiger partial charge is 0.394 e. The van der Waals surface area contributed by atoms with Gasteiger partial charge in [-0.3, -0.25) is 4.79 Å². The SMILES string of the molecule is CC1COC(CO)CN1C(=O)CCc1ccccc1. The fraction of sp³-hybridized carbons (Fsp3) is 0.533. The predicted molar refractivity (Wildman–Crippen MR) is 72.8 cm³/mol. The van der Waals surface area contributed by atoms with Crippen molar-refractivity contribution in [2.75, 3.05) is 19.8 Å². The fourth-order valence-electron chi connectivity index (χ4n) is 2.31. The highest BCUT2D eigenvalue weighted by molar-refractivity contribution is 5.77. The summed E-state index contributed by atoms with van der Waals surface area (Å²) in [5, 5.41) is 9.12. The Labute approximate surface area is 114 Å². The van der Waals surface area contributed by atoms with Gasteiger partial charge in [0.25, 0.3) is 0 Å². The number of carbonyl (C=O) groups is 1. The Morgan fingerprint density at radius 3 is 2.84 bits per heavy atom. The molecule has 1 heterocycles. The number of hydrogen-bond donors (Lipinski definition) is 1. The highest BCUT2D eigenvalue weighted by Gasteiger charge is 2.28. The van der Waals surface area contributed by atoms with Crippen LogP contribution in [0.3, 0.4) is 0 Å². The van der Waals surface area contributed by atoms with E-state index in [0.717, 1.165) is 6.42 Å². The zero-order valence-corrected chi connectivity index (χ0v) is 11.3. The summed E-state index contributed by atoms with van der Waals surface area (Å²) in [6, 6.07) is 10.1. The minimum absolute atomic E-state index is 0.0326. The highest BCUT2D eigenvalue weighted by Crippen LogP contribution is 2.14. The first-order valence-corrected chi connectivity index (χ1v) is 6.76. The Bertz CT molecular complexity index is 407. The fourth-order valence-corrected chi connectivity index (χ4v) is 2.31. The lowest BCUT2D eigenvalue weighted by Gasteiger charge is -2.37. The number of amides is 1. The van der Waals surface area contributed by atoms with E-state index >= 15 is 0 Å². The molecule has 104 valence electrons. The number of benzene rings is 1. The van der Waals surface area contributed by atoms with Gasteiger partial charge in [-0.05, 0) is 18.9 Å². The van der Waals surface area contributed by atoms with E-state index in [2.05, 4.69) is 0 Å². The summed E-state index contributed by atoms with van der Waals surface area (Å²) in [6.07, 6.45) is 1.02. The second-order valence-electron chi connectivity index (χ2n) is 5.02. The average Bonchev–Trinajstić information content (AvgIpc) is 2.46. The molecule has 0 aromatic heterocycles. The first-order valence-electron chi connectivity index (χ1n) is 6.76. The summed E-state index contributed by atoms with van der Waals surface area (Å²) < 4.78 is 5.44. The van der Waals surface area contributed by atoms with Crippen LogP contribution in [0, 0.1) is 0 Å². The zero-order valence-electron chi connectivity index (χ0n) is 11.3. The molecular weight excluding hydrogens is 242 g/mol. The molecule has 4 heteroatoms. The van der Waals surface area contributed by atoms with Crippen LogP contribution in [0.15, 0.2) is 30.3 Å². The summed E-state index contributed by atoms with van der Waals surface area (Å²) in [5.41, 5.74) is 1.18. The van der Waals surface area contributed by atoms with E-state index in [1.165, 1.54) is 5.56 Å². The van der Waals surface area contributed by atoms with Crippen molar-refractivity contribution >= 4 is 5.91 Å². The summed E-state index contributed by atoms with van der Waals surface area (Å²) >= 11 is 0. The van der Waals surface area contributed by atoms with Crippen LogP contribution in [0.4, 0.5) is 0 Å². The summed E-state index contributed by atoms with van der Waals surface area (Å²) in [7, 11) is 0. The summed E-state index contributed by atoms with van der Waals surface area (Å²) in [6.45, 7) is 2.94. The van der Waals surface area contributed by atoms with Gasteiger partial charge in [-0.1, -0.05) is 30.3 Å². The maximum Gasteiger partial charge on any atom is 0.223 e. The topological polar surface area (TPSA) is 49.8 Å². The van der Waals surface area contributed by atoms with E-state index in [4.69, 9.17) is 9.84 Å². The molecule has 0 aliphatic carbocycles. The van der Waals surface area contributed by atoms with Gasteiger partial charge >= 0.3 is 0 Å². The molecule has 19 heavy (non-hydrogen) atoms. The lowest BCUT2D eigenvalue weighted by Crippen LogP contribution is -2.52. The molecule has 4 nitrogen and oxygen atoms in total. The third-order valence-corrected chi connectivity index (χ3v) is 3.50. The second kappa shape index (κ2) is 6.68. The smallest absolute Gasteiger partial charge is 0.223 e. The highest BCUT2D eigenvalue weighted by atomic mass is 16.5. The molecule has 2 rings (SSSR count). The molecule has 0 bridgehead atoms. The molecule has 1 aliphatic heterocycles. The lowest BCUT2D eigenvalue weighted by molar-refractivity contribution is -0.146. The first-order chi connectivity index (χ1) is 9.20. The van der Waals surface area contributed by atoms with Gasteiger partial charge in [0.15, 0.2) is 0 Å². The molecule has 1 aromatic rings. The van der Waals surface area contributed by atoms with Crippen molar-refractivity contribution in [2.45, 2.75) is 31.9 Å². The van der Waals surface area contributed by atoms with Crippen LogP contribution in [-0.4, -0.2) is 47.8 Å². The molecule has 1 aromatic carbocycles. The summed E-state index contributed by atoms with van der Waals surface area (Å²) in [5.74, 6) is 0.137. The van der Waals surface area contributed by atoms with Crippen LogP contribution in [0.1, 0.15) is 18.9 Å². The lowest BCUT2D eigenvalue weighted by atomic mass is 10.1. The van der Waals surface area contributed by atoms with Gasteiger partial charge in [0.05, 0.1) is 25.4 Å². The number of aliphatic hydroxyl groups is 1. The summed E-state index contributed by atoms with van der Waals surface area (Å²) in [4.78, 5) is 14.1. The Hall–Kier alpha value is -1.39. The quantitative estimate of drug-likeness (QED) is 0.889. The van der Waals surface area contributed by atoms with Crippen molar-refractivity contribution in [3.8, 4) is 0 Å². The Balaban J connectivity index is 1.88. The standard InChI is InChI=1S/C15H21NO3/c1-12-11-19-14(10-17)9-16(12)15(18)8-7-13-5-3-2-4-6-13/h2-6,12,14,17H,7-11H2,1H3. The van der Waals surface area contributed by atoms with Crippen LogP contribution >= 0.6 is 0 Å². The number of ether oxygens (including phenoxy) is 1. The normalized spacial score (nSPS) is 23.4. The Kier molecular flexibility index (Phi) is 4.93. The molecule has 2 atom stereocenters. The zero-order chi connectivity index (χ0) is 13.7. The molecule has 0 radical (unpaired) electrons. The van der Waals surface area contributed by atoms with Gasteiger partial charge in [-0.15, -0.1) is 0 Å². The van der Waals surface area contributed by atoms with E-state index in [-0.39, 0.29) is 24.7 Å². The Morgan fingerprint density at radius 1 is 1.42 bits per heavy atom. The number of aliphatic hydroxyl groups excluding tert-OH is 1. The Morgan fingerprint density at radius 2 is 2.16 bits per heavy atom. The van der Waals surface area contributed by atoms with E-state index in [1.54, 1.807) is 0 Å². The van der Waals surface area contributed by atoms with Crippen LogP contribution in [-0.2, 0) is 16.0 Å². The van der Waals surface area contributed by atoms with Gasteiger partial charge in [-0.2, -0.15) is 0 Å². The number of morpholine rings is 1. The van der Waals surface area contributed by atoms with Crippen LogP contribution in [0.2, 0.25) is 0 Å². The second-order valence-corrected chi connectivity index (χ2v) is 5.02. The number of aryl methyl sites for hydroxylation is 1. The molecular formula is C15H21NO3. The van der Waals surface area contributed by atoms with Crippen LogP contribution in [0.25, 0.3) is 0 Å². The molecule has 0 spiro atoms. The van der Waals surface area contributed by atoms with Gasteiger partial charge in [0.1, 0.15) is 0 Å². The number of carbonyl (C=O) groups excluding carboxylic acids is 1. The number of hydrogen-bond acceptors (Lipinski definition) is 3. The molecule has 1 N–H and O–H groups in total. The van der Waals surface area contributed by atoms with Crippen LogP contribution in [0.5, 0.6) is 0 Å². The molecule has 1 amide bonds. The van der Waals surface area contributed by atoms with Crippen molar-refractivity contribution in [3.63, 3.8) is 0 Å². The number of rotatable bonds is 4. The predicted octanol–water partition coefficient (Wildman–Crippen LogP) is 1.23. The van der Waals surface area contributed by atoms with Gasteiger partial charge < -0.3 is 14.7 Å². The minimum Gasteiger partial charge on any atom is -0.394 e. The van der Waals surface area contributed by atoms with E-state index < -0.39 is 0 Å². The maximum atomic E-state index is 12.2. The van der Waals surface area contributed by atoms with Gasteiger partial charge in [0, 0.05) is 13.0 Å². The molecule has 1 saturated heterocycles. The molecule has 1 aliphatic rings. The van der Waals surface area contributed by atoms with E-state index in [9.17, 15) is 4.79 Å². The van der Waals surface area contributed by atoms with E-state index in [1.807, 2.05) is 42.2 Å². The van der Waals surface area contributed by atoms with Crippen LogP contribution < -0.4 is 0 Å².